The van der Waals surface area contributed by atoms with Gasteiger partial charge in [-0.05, 0) is 57.2 Å². The molecule has 10 nitrogen and oxygen atoms in total. The van der Waals surface area contributed by atoms with E-state index < -0.39 is 23.6 Å². The van der Waals surface area contributed by atoms with E-state index in [1.807, 2.05) is 45.9 Å². The molecule has 0 spiro atoms. The number of hydrogen-bond acceptors (Lipinski definition) is 8. The van der Waals surface area contributed by atoms with Crippen LogP contribution >= 0.6 is 0 Å². The molecule has 3 aromatic heterocycles. The van der Waals surface area contributed by atoms with Crippen molar-refractivity contribution < 1.29 is 29.3 Å². The second-order valence-corrected chi connectivity index (χ2v) is 11.9. The van der Waals surface area contributed by atoms with Crippen molar-refractivity contribution >= 4 is 79.7 Å². The molecule has 8 bridgehead atoms. The third-order valence-electron chi connectivity index (χ3n) is 9.36. The van der Waals surface area contributed by atoms with Crippen molar-refractivity contribution in [2.45, 2.75) is 72.1 Å². The molecule has 5 heterocycles. The van der Waals surface area contributed by atoms with Gasteiger partial charge in [-0.1, -0.05) is 55.0 Å². The smallest absolute Gasteiger partial charge is 0.871 e. The number of carboxylic acids is 1. The number of aromatic nitrogens is 4. The van der Waals surface area contributed by atoms with Crippen molar-refractivity contribution in [1.29, 1.82) is 0 Å². The van der Waals surface area contributed by atoms with Gasteiger partial charge in [0.1, 0.15) is 0 Å². The number of hydrogen-bond donors (Lipinski definition) is 0. The number of carbonyl (C=O) groups excluding carboxylic acids is 3. The number of allylic oxidation sites excluding steroid dienone is 2. The average molecular weight is 629 g/mol. The maximum atomic E-state index is 13.9. The molecule has 6 rings (SSSR count). The third-order valence-corrected chi connectivity index (χ3v) is 9.36. The van der Waals surface area contributed by atoms with Crippen LogP contribution in [0.15, 0.2) is 24.3 Å². The number of rotatable bonds is 5. The topological polar surface area (TPSA) is 161 Å². The van der Waals surface area contributed by atoms with Crippen LogP contribution in [-0.2, 0) is 14.3 Å². The SMILES string of the molecule is C/C=C1/c2cc3[n-]c4c(c5nc(cc6[n-]c(cc(n2)[C@@H]1C)c(C(C)=O)c6C)[C@@H](C)[C@@H]5CCC(=O)[O-])C(C(=O)OC)=C([O-])c4c3C.[Mg+2]. The van der Waals surface area contributed by atoms with E-state index in [1.165, 1.54) is 14.0 Å². The first-order chi connectivity index (χ1) is 21.4. The zero-order chi connectivity index (χ0) is 32.5. The van der Waals surface area contributed by atoms with Crippen LogP contribution in [0.1, 0.15) is 114 Å². The average Bonchev–Trinajstić information content (AvgIpc) is 3.72. The van der Waals surface area contributed by atoms with Crippen LogP contribution in [0.25, 0.3) is 39.0 Å². The molecule has 0 aromatic carbocycles. The second kappa shape index (κ2) is 12.2. The number of Topliss-reactive ketones (excluding diaryl/α,β-unsaturated/α-hetero) is 1. The molecule has 0 fully saturated rings. The van der Waals surface area contributed by atoms with Gasteiger partial charge in [-0.25, -0.2) is 4.79 Å². The summed E-state index contributed by atoms with van der Waals surface area (Å²) in [7, 11) is 1.20. The summed E-state index contributed by atoms with van der Waals surface area (Å²) >= 11 is 0. The van der Waals surface area contributed by atoms with Gasteiger partial charge in [0.05, 0.1) is 24.1 Å². The number of aryl methyl sites for hydroxylation is 2. The Morgan fingerprint density at radius 2 is 1.65 bits per heavy atom. The number of fused-ring (bicyclic) bond motifs is 8. The van der Waals surface area contributed by atoms with Gasteiger partial charge >= 0.3 is 29.0 Å². The minimum Gasteiger partial charge on any atom is -0.871 e. The Kier molecular flexibility index (Phi) is 8.78. The van der Waals surface area contributed by atoms with E-state index in [2.05, 4.69) is 0 Å². The fourth-order valence-corrected chi connectivity index (χ4v) is 6.94. The number of ether oxygens (including phenoxy) is 1. The maximum absolute atomic E-state index is 13.9. The van der Waals surface area contributed by atoms with Gasteiger partial charge in [0.15, 0.2) is 5.78 Å². The molecule has 0 unspecified atom stereocenters. The fraction of sp³-hybridized carbons (Fsp3) is 0.343. The van der Waals surface area contributed by atoms with E-state index >= 15 is 0 Å². The largest absolute Gasteiger partial charge is 2.00 e. The van der Waals surface area contributed by atoms with Crippen LogP contribution in [-0.4, -0.2) is 57.9 Å². The molecule has 0 amide bonds. The van der Waals surface area contributed by atoms with Crippen LogP contribution in [0.2, 0.25) is 0 Å². The third kappa shape index (κ3) is 5.05. The second-order valence-electron chi connectivity index (χ2n) is 11.9. The molecule has 0 saturated heterocycles. The number of carboxylic acid groups (broad SMARTS) is 1. The van der Waals surface area contributed by atoms with Crippen molar-refractivity contribution in [3.8, 4) is 0 Å². The summed E-state index contributed by atoms with van der Waals surface area (Å²) in [6.07, 6.45) is 1.89. The summed E-state index contributed by atoms with van der Waals surface area (Å²) in [6, 6.07) is 5.47. The molecule has 2 aliphatic heterocycles. The fourth-order valence-electron chi connectivity index (χ4n) is 6.94. The molecular weight excluding hydrogens is 597 g/mol. The molecule has 232 valence electrons. The molecule has 11 heteroatoms. The van der Waals surface area contributed by atoms with Gasteiger partial charge in [0.2, 0.25) is 0 Å². The predicted molar refractivity (Wildman–Crippen MR) is 170 cm³/mol. The van der Waals surface area contributed by atoms with Gasteiger partial charge in [-0.3, -0.25) is 14.8 Å². The van der Waals surface area contributed by atoms with Crippen molar-refractivity contribution in [3.05, 3.63) is 74.9 Å². The molecule has 0 saturated carbocycles. The summed E-state index contributed by atoms with van der Waals surface area (Å²) in [5, 5.41) is 25.5. The zero-order valence-electron chi connectivity index (χ0n) is 26.9. The molecule has 0 N–H and O–H groups in total. The molecule has 3 atom stereocenters. The molecule has 1 aliphatic carbocycles. The van der Waals surface area contributed by atoms with Gasteiger partial charge in [-0.15, -0.1) is 22.1 Å². The van der Waals surface area contributed by atoms with Gasteiger partial charge in [0.25, 0.3) is 0 Å². The normalized spacial score (nSPS) is 19.4. The first-order valence-corrected chi connectivity index (χ1v) is 14.9. The molecule has 0 radical (unpaired) electrons. The van der Waals surface area contributed by atoms with Gasteiger partial charge in [0, 0.05) is 40.7 Å². The minimum absolute atomic E-state index is 0. The number of esters is 1. The first kappa shape index (κ1) is 33.1. The zero-order valence-corrected chi connectivity index (χ0v) is 28.3. The molecular formula is C35H32MgN4O6-2. The van der Waals surface area contributed by atoms with Crippen LogP contribution in [0.4, 0.5) is 0 Å². The van der Waals surface area contributed by atoms with E-state index in [9.17, 15) is 24.6 Å². The first-order valence-electron chi connectivity index (χ1n) is 14.9. The molecule has 3 aromatic rings. The Balaban J connectivity index is 0.00000417. The van der Waals surface area contributed by atoms with E-state index in [-0.39, 0.29) is 64.7 Å². The standard InChI is InChI=1S/C35H36N4O6.Mg/c1-8-19-14(2)21-13-26-28(18(6)40)16(4)23(37-26)11-22-15(3)20(9-10-27(41)42)32(38-22)30-31(35(44)45-7)34(43)29-17(5)24(39-33(29)30)12-25(19)36-21;/h8,11-15,20H,9-10H2,1-7H3,(H4,36,37,38,39,40,41,42,43,44);/q;+2/p-4/b19-8+;/t14-,15+,20+;/m1./s1. The van der Waals surface area contributed by atoms with Crippen LogP contribution in [0, 0.1) is 13.8 Å². The summed E-state index contributed by atoms with van der Waals surface area (Å²) in [4.78, 5) is 57.3. The number of aliphatic carboxylic acids is 1. The van der Waals surface area contributed by atoms with E-state index in [0.29, 0.717) is 61.4 Å². The Morgan fingerprint density at radius 3 is 2.28 bits per heavy atom. The van der Waals surface area contributed by atoms with Crippen LogP contribution < -0.4 is 20.2 Å². The summed E-state index contributed by atoms with van der Waals surface area (Å²) in [5.74, 6) is -3.57. The molecule has 3 aliphatic rings. The van der Waals surface area contributed by atoms with Crippen LogP contribution in [0.3, 0.4) is 0 Å². The monoisotopic (exact) mass is 628 g/mol. The summed E-state index contributed by atoms with van der Waals surface area (Å²) in [6.45, 7) is 11.0. The van der Waals surface area contributed by atoms with Gasteiger partial charge < -0.3 is 29.7 Å². The quantitative estimate of drug-likeness (QED) is 0.233. The molecule has 46 heavy (non-hydrogen) atoms. The van der Waals surface area contributed by atoms with E-state index in [0.717, 1.165) is 11.3 Å². The van der Waals surface area contributed by atoms with Gasteiger partial charge in [-0.2, -0.15) is 0 Å². The van der Waals surface area contributed by atoms with E-state index in [4.69, 9.17) is 24.7 Å². The number of carbonyl (C=O) groups is 3. The van der Waals surface area contributed by atoms with E-state index in [1.54, 1.807) is 13.0 Å². The predicted octanol–water partition coefficient (Wildman–Crippen LogP) is 3.35. The van der Waals surface area contributed by atoms with Crippen molar-refractivity contribution in [2.75, 3.05) is 7.11 Å². The number of ketones is 1. The van der Waals surface area contributed by atoms with Crippen molar-refractivity contribution in [2.24, 2.45) is 0 Å². The Labute approximate surface area is 282 Å². The number of nitrogens with zero attached hydrogens (tertiary/aromatic N) is 4. The maximum Gasteiger partial charge on any atom is 2.00 e. The Bertz CT molecular complexity index is 2070. The summed E-state index contributed by atoms with van der Waals surface area (Å²) < 4.78 is 5.05. The minimum atomic E-state index is -1.22. The van der Waals surface area contributed by atoms with Crippen molar-refractivity contribution in [1.82, 2.24) is 19.9 Å². The Hall–Kier alpha value is -4.22. The summed E-state index contributed by atoms with van der Waals surface area (Å²) in [5.41, 5.74) is 7.36. The number of methoxy groups -OCH3 is 1. The van der Waals surface area contributed by atoms with Crippen LogP contribution in [0.5, 0.6) is 0 Å². The Morgan fingerprint density at radius 1 is 0.978 bits per heavy atom. The van der Waals surface area contributed by atoms with Crippen molar-refractivity contribution in [3.63, 3.8) is 0 Å².